The highest BCUT2D eigenvalue weighted by atomic mass is 16.6. The molecule has 0 aliphatic rings. The molecule has 0 saturated carbocycles. The zero-order valence-electron chi connectivity index (χ0n) is 25.6. The summed E-state index contributed by atoms with van der Waals surface area (Å²) in [6, 6.07) is 4.29. The van der Waals surface area contributed by atoms with Crippen molar-refractivity contribution in [2.75, 3.05) is 6.54 Å². The highest BCUT2D eigenvalue weighted by Gasteiger charge is 2.38. The van der Waals surface area contributed by atoms with Crippen molar-refractivity contribution in [1.29, 1.82) is 0 Å². The average Bonchev–Trinajstić information content (AvgIpc) is 2.79. The molecule has 0 spiro atoms. The van der Waals surface area contributed by atoms with E-state index in [0.29, 0.717) is 6.54 Å². The van der Waals surface area contributed by atoms with E-state index in [1.54, 1.807) is 25.7 Å². The minimum absolute atomic E-state index is 0.0165. The van der Waals surface area contributed by atoms with Crippen LogP contribution in [0.2, 0.25) is 0 Å². The molecular weight excluding hydrogens is 478 g/mol. The molecule has 0 aliphatic carbocycles. The van der Waals surface area contributed by atoms with Crippen molar-refractivity contribution in [2.24, 2.45) is 5.92 Å². The van der Waals surface area contributed by atoms with Crippen LogP contribution in [0.5, 0.6) is 0 Å². The van der Waals surface area contributed by atoms with Crippen molar-refractivity contribution < 1.29 is 19.1 Å². The Kier molecular flexibility index (Phi) is 13.9. The first kappa shape index (κ1) is 33.5. The Bertz CT molecular complexity index is 887. The van der Waals surface area contributed by atoms with E-state index in [1.807, 2.05) is 52.8 Å². The number of hydrogen-bond acceptors (Lipinski definition) is 4. The maximum Gasteiger partial charge on any atom is 0.408 e. The topological polar surface area (TPSA) is 87.7 Å². The zero-order chi connectivity index (χ0) is 29.0. The maximum atomic E-state index is 14.3. The molecule has 0 heterocycles. The molecule has 216 valence electrons. The standard InChI is InChI=1S/C31H53N3O4/c1-11-13-14-15-20-34(29(36)26(21(3)4)33-30(37)38-31(8,9)10)27(28(35)32-24(7)17-12-2)25-22(5)18-16-19-23(25)6/h16,18-19,21,24,26-27H,11-15,17,20H2,1-10H3,(H,32,35)(H,33,37). The second-order valence-electron chi connectivity index (χ2n) is 11.9. The van der Waals surface area contributed by atoms with Crippen LogP contribution in [0.25, 0.3) is 0 Å². The summed E-state index contributed by atoms with van der Waals surface area (Å²) in [6.07, 6.45) is 5.02. The van der Waals surface area contributed by atoms with Crippen molar-refractivity contribution in [3.63, 3.8) is 0 Å². The van der Waals surface area contributed by atoms with Gasteiger partial charge in [0.05, 0.1) is 0 Å². The number of alkyl carbamates (subject to hydrolysis) is 1. The minimum atomic E-state index is -0.830. The molecule has 0 fully saturated rings. The number of carbonyl (C=O) groups excluding carboxylic acids is 3. The van der Waals surface area contributed by atoms with Crippen LogP contribution in [0.4, 0.5) is 4.79 Å². The lowest BCUT2D eigenvalue weighted by Gasteiger charge is -2.37. The first-order valence-corrected chi connectivity index (χ1v) is 14.4. The van der Waals surface area contributed by atoms with Crippen LogP contribution < -0.4 is 10.6 Å². The molecule has 3 atom stereocenters. The van der Waals surface area contributed by atoms with Crippen LogP contribution in [0, 0.1) is 19.8 Å². The molecule has 1 rings (SSSR count). The Hall–Kier alpha value is -2.57. The fourth-order valence-corrected chi connectivity index (χ4v) is 4.72. The van der Waals surface area contributed by atoms with Gasteiger partial charge in [-0.15, -0.1) is 0 Å². The van der Waals surface area contributed by atoms with Crippen molar-refractivity contribution in [3.05, 3.63) is 34.9 Å². The van der Waals surface area contributed by atoms with Gasteiger partial charge in [0, 0.05) is 12.6 Å². The van der Waals surface area contributed by atoms with Crippen LogP contribution >= 0.6 is 0 Å². The smallest absolute Gasteiger partial charge is 0.408 e. The van der Waals surface area contributed by atoms with Gasteiger partial charge in [-0.2, -0.15) is 0 Å². The van der Waals surface area contributed by atoms with Gasteiger partial charge in [0.2, 0.25) is 11.8 Å². The molecule has 0 radical (unpaired) electrons. The van der Waals surface area contributed by atoms with E-state index in [9.17, 15) is 14.4 Å². The number of carbonyl (C=O) groups is 3. The summed E-state index contributed by atoms with van der Waals surface area (Å²) >= 11 is 0. The lowest BCUT2D eigenvalue weighted by Crippen LogP contribution is -2.55. The molecule has 0 aliphatic heterocycles. The van der Waals surface area contributed by atoms with Gasteiger partial charge < -0.3 is 20.3 Å². The predicted octanol–water partition coefficient (Wildman–Crippen LogP) is 6.61. The number of rotatable bonds is 14. The summed E-state index contributed by atoms with van der Waals surface area (Å²) in [5.41, 5.74) is 2.07. The summed E-state index contributed by atoms with van der Waals surface area (Å²) < 4.78 is 5.47. The number of nitrogens with one attached hydrogen (secondary N) is 2. The predicted molar refractivity (Wildman–Crippen MR) is 155 cm³/mol. The number of aryl methyl sites for hydroxylation is 2. The number of hydrogen-bond donors (Lipinski definition) is 2. The second kappa shape index (κ2) is 15.7. The van der Waals surface area contributed by atoms with E-state index in [-0.39, 0.29) is 23.8 Å². The second-order valence-corrected chi connectivity index (χ2v) is 11.9. The molecule has 2 N–H and O–H groups in total. The fourth-order valence-electron chi connectivity index (χ4n) is 4.72. The molecule has 0 saturated heterocycles. The number of benzene rings is 1. The monoisotopic (exact) mass is 531 g/mol. The zero-order valence-corrected chi connectivity index (χ0v) is 25.6. The molecule has 1 aromatic carbocycles. The summed E-state index contributed by atoms with van der Waals surface area (Å²) in [5, 5.41) is 5.97. The summed E-state index contributed by atoms with van der Waals surface area (Å²) in [7, 11) is 0. The number of unbranched alkanes of at least 4 members (excludes halogenated alkanes) is 3. The highest BCUT2D eigenvalue weighted by molar-refractivity contribution is 5.92. The Morgan fingerprint density at radius 3 is 2.03 bits per heavy atom. The van der Waals surface area contributed by atoms with Crippen LogP contribution in [0.3, 0.4) is 0 Å². The molecule has 7 heteroatoms. The molecule has 7 nitrogen and oxygen atoms in total. The van der Waals surface area contributed by atoms with Gasteiger partial charge >= 0.3 is 6.09 Å². The number of nitrogens with zero attached hydrogens (tertiary/aromatic N) is 1. The van der Waals surface area contributed by atoms with Crippen molar-refractivity contribution in [2.45, 2.75) is 131 Å². The molecule has 0 bridgehead atoms. The van der Waals surface area contributed by atoms with Crippen molar-refractivity contribution in [3.8, 4) is 0 Å². The van der Waals surface area contributed by atoms with E-state index in [0.717, 1.165) is 55.2 Å². The Morgan fingerprint density at radius 2 is 1.53 bits per heavy atom. The summed E-state index contributed by atoms with van der Waals surface area (Å²) in [5.74, 6) is -0.658. The van der Waals surface area contributed by atoms with Gasteiger partial charge in [-0.05, 0) is 77.0 Å². The highest BCUT2D eigenvalue weighted by Crippen LogP contribution is 2.30. The molecule has 1 aromatic rings. The fraction of sp³-hybridized carbons (Fsp3) is 0.710. The van der Waals surface area contributed by atoms with E-state index in [2.05, 4.69) is 24.5 Å². The molecule has 3 unspecified atom stereocenters. The third-order valence-electron chi connectivity index (χ3n) is 6.63. The lowest BCUT2D eigenvalue weighted by molar-refractivity contribution is -0.143. The first-order valence-electron chi connectivity index (χ1n) is 14.4. The van der Waals surface area contributed by atoms with Gasteiger partial charge in [-0.25, -0.2) is 4.79 Å². The lowest BCUT2D eigenvalue weighted by atomic mass is 9.92. The Balaban J connectivity index is 3.58. The van der Waals surface area contributed by atoms with Crippen LogP contribution in [-0.2, 0) is 14.3 Å². The van der Waals surface area contributed by atoms with Gasteiger partial charge in [0.1, 0.15) is 17.7 Å². The number of amides is 3. The van der Waals surface area contributed by atoms with Gasteiger partial charge in [-0.1, -0.05) is 71.6 Å². The SMILES string of the molecule is CCCCCCN(C(=O)C(NC(=O)OC(C)(C)C)C(C)C)C(C(=O)NC(C)CCC)c1c(C)cccc1C. The van der Waals surface area contributed by atoms with E-state index < -0.39 is 23.8 Å². The van der Waals surface area contributed by atoms with E-state index >= 15 is 0 Å². The van der Waals surface area contributed by atoms with E-state index in [4.69, 9.17) is 4.74 Å². The minimum Gasteiger partial charge on any atom is -0.444 e. The largest absolute Gasteiger partial charge is 0.444 e. The summed E-state index contributed by atoms with van der Waals surface area (Å²) in [6.45, 7) is 19.8. The quantitative estimate of drug-likeness (QED) is 0.265. The Labute approximate surface area is 231 Å². The third-order valence-corrected chi connectivity index (χ3v) is 6.63. The molecule has 3 amide bonds. The van der Waals surface area contributed by atoms with Crippen molar-refractivity contribution >= 4 is 17.9 Å². The first-order chi connectivity index (χ1) is 17.7. The van der Waals surface area contributed by atoms with Gasteiger partial charge in [0.15, 0.2) is 0 Å². The third kappa shape index (κ3) is 10.7. The molecular formula is C31H53N3O4. The summed E-state index contributed by atoms with van der Waals surface area (Å²) in [4.78, 5) is 42.6. The van der Waals surface area contributed by atoms with Crippen LogP contribution in [-0.4, -0.2) is 47.0 Å². The molecule has 0 aromatic heterocycles. The van der Waals surface area contributed by atoms with E-state index in [1.165, 1.54) is 0 Å². The van der Waals surface area contributed by atoms with Gasteiger partial charge in [0.25, 0.3) is 0 Å². The van der Waals surface area contributed by atoms with Crippen LogP contribution in [0.1, 0.15) is 117 Å². The average molecular weight is 532 g/mol. The molecule has 38 heavy (non-hydrogen) atoms. The van der Waals surface area contributed by atoms with Crippen molar-refractivity contribution in [1.82, 2.24) is 15.5 Å². The number of ether oxygens (including phenoxy) is 1. The van der Waals surface area contributed by atoms with Gasteiger partial charge in [-0.3, -0.25) is 9.59 Å². The van der Waals surface area contributed by atoms with Crippen LogP contribution in [0.15, 0.2) is 18.2 Å². The Morgan fingerprint density at radius 1 is 0.921 bits per heavy atom. The normalized spacial score (nSPS) is 14.0. The maximum absolute atomic E-state index is 14.3.